The Morgan fingerprint density at radius 1 is 1.47 bits per heavy atom. The second kappa shape index (κ2) is 4.56. The first kappa shape index (κ1) is 10.3. The average Bonchev–Trinajstić information content (AvgIpc) is 2.78. The molecule has 0 spiro atoms. The SMILES string of the molecule is O=C(OI)C1N=COC1c1ccncc1. The van der Waals surface area contributed by atoms with Crippen molar-refractivity contribution in [1.29, 1.82) is 0 Å². The largest absolute Gasteiger partial charge is 0.473 e. The predicted octanol–water partition coefficient (Wildman–Crippen LogP) is 1.44. The molecule has 2 unspecified atom stereocenters. The van der Waals surface area contributed by atoms with Crippen LogP contribution in [-0.2, 0) is 12.6 Å². The molecular weight excluding hydrogens is 311 g/mol. The number of hydrogen-bond donors (Lipinski definition) is 0. The van der Waals surface area contributed by atoms with Gasteiger partial charge in [-0.1, -0.05) is 0 Å². The van der Waals surface area contributed by atoms with E-state index >= 15 is 0 Å². The van der Waals surface area contributed by atoms with Crippen molar-refractivity contribution < 1.29 is 12.6 Å². The van der Waals surface area contributed by atoms with Crippen molar-refractivity contribution in [1.82, 2.24) is 4.98 Å². The molecule has 6 heteroatoms. The number of hydrogen-bond acceptors (Lipinski definition) is 5. The van der Waals surface area contributed by atoms with E-state index in [-0.39, 0.29) is 0 Å². The van der Waals surface area contributed by atoms with Crippen LogP contribution in [0.3, 0.4) is 0 Å². The smallest absolute Gasteiger partial charge is 0.344 e. The van der Waals surface area contributed by atoms with Crippen molar-refractivity contribution in [3.8, 4) is 0 Å². The Morgan fingerprint density at radius 3 is 2.87 bits per heavy atom. The fourth-order valence-electron chi connectivity index (χ4n) is 1.36. The van der Waals surface area contributed by atoms with Gasteiger partial charge in [-0.15, -0.1) is 0 Å². The van der Waals surface area contributed by atoms with Gasteiger partial charge in [-0.25, -0.2) is 9.79 Å². The van der Waals surface area contributed by atoms with Crippen LogP contribution in [0.1, 0.15) is 11.7 Å². The van der Waals surface area contributed by atoms with Crippen LogP contribution in [0.15, 0.2) is 29.5 Å². The Labute approximate surface area is 100 Å². The number of nitrogens with zero attached hydrogens (tertiary/aromatic N) is 2. The zero-order chi connectivity index (χ0) is 10.7. The van der Waals surface area contributed by atoms with E-state index in [9.17, 15) is 4.79 Å². The van der Waals surface area contributed by atoms with Crippen LogP contribution in [0.2, 0.25) is 0 Å². The van der Waals surface area contributed by atoms with Crippen LogP contribution >= 0.6 is 23.0 Å². The van der Waals surface area contributed by atoms with E-state index in [4.69, 9.17) is 4.74 Å². The third-order valence-electron chi connectivity index (χ3n) is 2.07. The average molecular weight is 318 g/mol. The number of aromatic nitrogens is 1. The first-order chi connectivity index (χ1) is 7.33. The van der Waals surface area contributed by atoms with Gasteiger partial charge in [0, 0.05) is 12.4 Å². The number of carbonyl (C=O) groups excluding carboxylic acids is 1. The summed E-state index contributed by atoms with van der Waals surface area (Å²) in [6, 6.07) is 2.95. The molecule has 1 aromatic rings. The topological polar surface area (TPSA) is 60.8 Å². The van der Waals surface area contributed by atoms with Crippen LogP contribution in [-0.4, -0.2) is 23.4 Å². The molecule has 0 aromatic carbocycles. The highest BCUT2D eigenvalue weighted by atomic mass is 127. The molecule has 0 amide bonds. The fourth-order valence-corrected chi connectivity index (χ4v) is 1.62. The summed E-state index contributed by atoms with van der Waals surface area (Å²) in [6.07, 6.45) is 4.16. The van der Waals surface area contributed by atoms with E-state index < -0.39 is 18.1 Å². The molecule has 0 radical (unpaired) electrons. The number of aliphatic imine (C=N–C) groups is 1. The summed E-state index contributed by atoms with van der Waals surface area (Å²) < 4.78 is 9.86. The number of ether oxygens (including phenoxy) is 1. The van der Waals surface area contributed by atoms with Crippen molar-refractivity contribution >= 4 is 35.4 Å². The van der Waals surface area contributed by atoms with Crippen molar-refractivity contribution in [2.24, 2.45) is 4.99 Å². The highest BCUT2D eigenvalue weighted by Gasteiger charge is 2.35. The Balaban J connectivity index is 2.21. The van der Waals surface area contributed by atoms with Crippen molar-refractivity contribution in [2.75, 3.05) is 0 Å². The van der Waals surface area contributed by atoms with Gasteiger partial charge in [0.15, 0.2) is 41.6 Å². The summed E-state index contributed by atoms with van der Waals surface area (Å²) >= 11 is 1.54. The molecule has 0 saturated carbocycles. The van der Waals surface area contributed by atoms with E-state index in [1.54, 1.807) is 47.5 Å². The molecule has 0 fully saturated rings. The molecule has 5 nitrogen and oxygen atoms in total. The lowest BCUT2D eigenvalue weighted by atomic mass is 10.0. The first-order valence-corrected chi connectivity index (χ1v) is 5.10. The fraction of sp³-hybridized carbons (Fsp3) is 0.222. The van der Waals surface area contributed by atoms with Gasteiger partial charge in [0.1, 0.15) is 0 Å². The van der Waals surface area contributed by atoms with Crippen LogP contribution in [0.5, 0.6) is 0 Å². The summed E-state index contributed by atoms with van der Waals surface area (Å²) in [6.45, 7) is 0. The lowest BCUT2D eigenvalue weighted by Gasteiger charge is -2.14. The summed E-state index contributed by atoms with van der Waals surface area (Å²) in [5, 5.41) is 0. The molecule has 1 aromatic heterocycles. The predicted molar refractivity (Wildman–Crippen MR) is 60.5 cm³/mol. The molecule has 2 rings (SSSR count). The lowest BCUT2D eigenvalue weighted by Crippen LogP contribution is -2.23. The van der Waals surface area contributed by atoms with E-state index in [1.165, 1.54) is 6.40 Å². The molecule has 15 heavy (non-hydrogen) atoms. The molecule has 78 valence electrons. The van der Waals surface area contributed by atoms with Crippen LogP contribution in [0, 0.1) is 0 Å². The Kier molecular flexibility index (Phi) is 3.14. The van der Waals surface area contributed by atoms with Gasteiger partial charge in [-0.2, -0.15) is 0 Å². The third-order valence-corrected chi connectivity index (χ3v) is 2.50. The summed E-state index contributed by atoms with van der Waals surface area (Å²) in [4.78, 5) is 19.2. The third kappa shape index (κ3) is 2.09. The summed E-state index contributed by atoms with van der Waals surface area (Å²) in [5.41, 5.74) is 0.856. The number of halogens is 1. The van der Waals surface area contributed by atoms with Gasteiger partial charge in [-0.05, 0) is 17.7 Å². The van der Waals surface area contributed by atoms with Crippen LogP contribution in [0.25, 0.3) is 0 Å². The van der Waals surface area contributed by atoms with Crippen molar-refractivity contribution in [3.05, 3.63) is 30.1 Å². The number of rotatable bonds is 2. The molecule has 0 bridgehead atoms. The maximum absolute atomic E-state index is 11.4. The molecule has 0 aliphatic carbocycles. The number of carbonyl (C=O) groups is 1. The Hall–Kier alpha value is -1.18. The Bertz CT molecular complexity index is 382. The van der Waals surface area contributed by atoms with E-state index in [2.05, 4.69) is 13.0 Å². The quantitative estimate of drug-likeness (QED) is 0.774. The standard InChI is InChI=1S/C9H7IN2O3/c10-15-9(13)7-8(14-5-12-7)6-1-3-11-4-2-6/h1-5,7-8H. The van der Waals surface area contributed by atoms with E-state index in [0.29, 0.717) is 0 Å². The minimum atomic E-state index is -0.621. The molecule has 1 aliphatic heterocycles. The van der Waals surface area contributed by atoms with Gasteiger partial charge in [0.25, 0.3) is 0 Å². The van der Waals surface area contributed by atoms with Gasteiger partial charge >= 0.3 is 5.97 Å². The van der Waals surface area contributed by atoms with Crippen LogP contribution in [0.4, 0.5) is 0 Å². The lowest BCUT2D eigenvalue weighted by molar-refractivity contribution is -0.134. The zero-order valence-corrected chi connectivity index (χ0v) is 9.70. The van der Waals surface area contributed by atoms with Gasteiger partial charge in [-0.3, -0.25) is 4.98 Å². The molecule has 0 N–H and O–H groups in total. The highest BCUT2D eigenvalue weighted by molar-refractivity contribution is 14.1. The van der Waals surface area contributed by atoms with Crippen molar-refractivity contribution in [2.45, 2.75) is 12.1 Å². The minimum absolute atomic E-state index is 0.407. The summed E-state index contributed by atoms with van der Waals surface area (Å²) in [7, 11) is 0. The second-order valence-corrected chi connectivity index (χ2v) is 3.37. The molecule has 0 saturated heterocycles. The van der Waals surface area contributed by atoms with Gasteiger partial charge in [0.2, 0.25) is 0 Å². The molecule has 2 atom stereocenters. The minimum Gasteiger partial charge on any atom is -0.473 e. The normalized spacial score (nSPS) is 23.5. The van der Waals surface area contributed by atoms with Crippen LogP contribution < -0.4 is 0 Å². The zero-order valence-electron chi connectivity index (χ0n) is 7.54. The van der Waals surface area contributed by atoms with Gasteiger partial charge < -0.3 is 7.80 Å². The maximum atomic E-state index is 11.4. The van der Waals surface area contributed by atoms with E-state index in [1.807, 2.05) is 0 Å². The molecule has 2 heterocycles. The van der Waals surface area contributed by atoms with E-state index in [0.717, 1.165) is 5.56 Å². The van der Waals surface area contributed by atoms with Crippen molar-refractivity contribution in [3.63, 3.8) is 0 Å². The van der Waals surface area contributed by atoms with Gasteiger partial charge in [0.05, 0.1) is 0 Å². The molecular formula is C9H7IN2O3. The second-order valence-electron chi connectivity index (χ2n) is 2.93. The maximum Gasteiger partial charge on any atom is 0.344 e. The summed E-state index contributed by atoms with van der Waals surface area (Å²) in [5.74, 6) is -0.411. The monoisotopic (exact) mass is 318 g/mol. The molecule has 1 aliphatic rings. The first-order valence-electron chi connectivity index (χ1n) is 4.22. The number of pyridine rings is 1. The Morgan fingerprint density at radius 2 is 2.20 bits per heavy atom. The highest BCUT2D eigenvalue weighted by Crippen LogP contribution is 2.27.